The van der Waals surface area contributed by atoms with Gasteiger partial charge in [-0.15, -0.1) is 0 Å². The van der Waals surface area contributed by atoms with E-state index in [0.717, 1.165) is 19.4 Å². The predicted octanol–water partition coefficient (Wildman–Crippen LogP) is 1.42. The highest BCUT2D eigenvalue weighted by Crippen LogP contribution is 2.06. The summed E-state index contributed by atoms with van der Waals surface area (Å²) in [6, 6.07) is 0. The minimum atomic E-state index is -0.468. The number of rotatable bonds is 1. The average Bonchev–Trinajstić information content (AvgIpc) is 2.14. The van der Waals surface area contributed by atoms with Gasteiger partial charge in [0.2, 0.25) is 0 Å². The van der Waals surface area contributed by atoms with E-state index in [2.05, 4.69) is 10.6 Å². The van der Waals surface area contributed by atoms with Crippen LogP contribution >= 0.6 is 11.6 Å². The summed E-state index contributed by atoms with van der Waals surface area (Å²) in [6.45, 7) is 0.974. The Balaban J connectivity index is 2.25. The molecule has 0 radical (unpaired) electrons. The zero-order valence-electron chi connectivity index (χ0n) is 6.40. The predicted molar refractivity (Wildman–Crippen MR) is 44.6 cm³/mol. The lowest BCUT2D eigenvalue weighted by molar-refractivity contribution is 0.253. The van der Waals surface area contributed by atoms with Crippen molar-refractivity contribution in [3.05, 3.63) is 0 Å². The summed E-state index contributed by atoms with van der Waals surface area (Å²) in [5.74, 6) is 0. The Morgan fingerprint density at radius 3 is 3.00 bits per heavy atom. The van der Waals surface area contributed by atoms with Gasteiger partial charge in [-0.05, 0) is 31.0 Å². The zero-order valence-corrected chi connectivity index (χ0v) is 7.16. The Morgan fingerprint density at radius 1 is 1.45 bits per heavy atom. The van der Waals surface area contributed by atoms with Crippen molar-refractivity contribution in [2.24, 2.45) is 0 Å². The average molecular weight is 177 g/mol. The van der Waals surface area contributed by atoms with Gasteiger partial charge < -0.3 is 5.32 Å². The first kappa shape index (κ1) is 8.81. The number of carbonyl (C=O) groups is 1. The Bertz CT molecular complexity index is 132. The number of nitrogens with one attached hydrogen (secondary N) is 2. The fourth-order valence-electron chi connectivity index (χ4n) is 1.29. The van der Waals surface area contributed by atoms with Crippen molar-refractivity contribution >= 4 is 17.0 Å². The van der Waals surface area contributed by atoms with Crippen molar-refractivity contribution in [3.63, 3.8) is 0 Å². The van der Waals surface area contributed by atoms with Crippen LogP contribution in [0.25, 0.3) is 0 Å². The molecular formula is C7H13ClN2O. The molecule has 0 aliphatic carbocycles. The van der Waals surface area contributed by atoms with E-state index < -0.39 is 5.37 Å². The third-order valence-corrected chi connectivity index (χ3v) is 1.96. The van der Waals surface area contributed by atoms with E-state index in [-0.39, 0.29) is 6.17 Å². The molecule has 11 heavy (non-hydrogen) atoms. The molecule has 4 heteroatoms. The van der Waals surface area contributed by atoms with Gasteiger partial charge in [-0.1, -0.05) is 12.8 Å². The van der Waals surface area contributed by atoms with E-state index in [9.17, 15) is 4.79 Å². The maximum atomic E-state index is 10.4. The summed E-state index contributed by atoms with van der Waals surface area (Å²) in [7, 11) is 0. The molecule has 1 atom stereocenters. The van der Waals surface area contributed by atoms with Crippen LogP contribution in [0.4, 0.5) is 4.79 Å². The first-order valence-corrected chi connectivity index (χ1v) is 4.36. The number of amides is 1. The highest BCUT2D eigenvalue weighted by Gasteiger charge is 2.11. The van der Waals surface area contributed by atoms with E-state index >= 15 is 0 Å². The molecule has 0 aromatic carbocycles. The van der Waals surface area contributed by atoms with Crippen LogP contribution in [-0.2, 0) is 0 Å². The topological polar surface area (TPSA) is 41.1 Å². The molecule has 1 unspecified atom stereocenters. The van der Waals surface area contributed by atoms with Crippen LogP contribution in [-0.4, -0.2) is 18.1 Å². The monoisotopic (exact) mass is 176 g/mol. The second-order valence-corrected chi connectivity index (χ2v) is 3.12. The summed E-state index contributed by atoms with van der Waals surface area (Å²) in [6.07, 6.45) is 4.66. The smallest absolute Gasteiger partial charge is 0.315 e. The maximum absolute atomic E-state index is 10.4. The Kier molecular flexibility index (Phi) is 3.66. The van der Waals surface area contributed by atoms with Gasteiger partial charge in [-0.25, -0.2) is 0 Å². The molecule has 1 aliphatic heterocycles. The summed E-state index contributed by atoms with van der Waals surface area (Å²) in [5, 5.41) is 5.37. The molecule has 1 heterocycles. The molecule has 1 amide bonds. The highest BCUT2D eigenvalue weighted by molar-refractivity contribution is 6.62. The van der Waals surface area contributed by atoms with Crippen molar-refractivity contribution in [3.8, 4) is 0 Å². The lowest BCUT2D eigenvalue weighted by atomic mass is 10.2. The van der Waals surface area contributed by atoms with Crippen LogP contribution in [0.15, 0.2) is 0 Å². The molecule has 2 N–H and O–H groups in total. The number of halogens is 1. The van der Waals surface area contributed by atoms with Crippen molar-refractivity contribution in [1.29, 1.82) is 0 Å². The quantitative estimate of drug-likeness (QED) is 0.469. The Hall–Kier alpha value is -0.280. The van der Waals surface area contributed by atoms with E-state index in [1.54, 1.807) is 0 Å². The van der Waals surface area contributed by atoms with Gasteiger partial charge >= 0.3 is 5.37 Å². The van der Waals surface area contributed by atoms with Gasteiger partial charge in [-0.2, -0.15) is 0 Å². The van der Waals surface area contributed by atoms with E-state index in [1.165, 1.54) is 12.8 Å². The van der Waals surface area contributed by atoms with E-state index in [0.29, 0.717) is 0 Å². The summed E-state index contributed by atoms with van der Waals surface area (Å²) in [5.41, 5.74) is 0. The molecule has 1 saturated heterocycles. The van der Waals surface area contributed by atoms with Gasteiger partial charge in [-0.3, -0.25) is 10.1 Å². The third kappa shape index (κ3) is 3.58. The van der Waals surface area contributed by atoms with Crippen LogP contribution in [0.1, 0.15) is 25.7 Å². The van der Waals surface area contributed by atoms with Crippen molar-refractivity contribution < 1.29 is 4.79 Å². The molecule has 1 aliphatic rings. The lowest BCUT2D eigenvalue weighted by Crippen LogP contribution is -2.42. The fraction of sp³-hybridized carbons (Fsp3) is 0.857. The first-order valence-electron chi connectivity index (χ1n) is 3.98. The molecular weight excluding hydrogens is 164 g/mol. The molecule has 1 rings (SSSR count). The van der Waals surface area contributed by atoms with Gasteiger partial charge in [0.15, 0.2) is 0 Å². The van der Waals surface area contributed by atoms with Crippen LogP contribution < -0.4 is 10.6 Å². The van der Waals surface area contributed by atoms with Crippen LogP contribution in [0, 0.1) is 0 Å². The molecule has 0 aromatic heterocycles. The summed E-state index contributed by atoms with van der Waals surface area (Å²) >= 11 is 5.17. The largest absolute Gasteiger partial charge is 0.327 e. The highest BCUT2D eigenvalue weighted by atomic mass is 35.5. The Morgan fingerprint density at radius 2 is 2.27 bits per heavy atom. The fourth-order valence-corrected chi connectivity index (χ4v) is 1.42. The standard InChI is InChI=1S/C7H13ClN2O/c8-7(11)10-6-4-2-1-3-5-9-6/h6,9H,1-5H2,(H,10,11). The molecule has 0 saturated carbocycles. The van der Waals surface area contributed by atoms with Crippen LogP contribution in [0.2, 0.25) is 0 Å². The maximum Gasteiger partial charge on any atom is 0.315 e. The van der Waals surface area contributed by atoms with E-state index in [1.807, 2.05) is 0 Å². The molecule has 1 fully saturated rings. The number of hydrogen-bond acceptors (Lipinski definition) is 2. The zero-order chi connectivity index (χ0) is 8.10. The number of hydrogen-bond donors (Lipinski definition) is 2. The molecule has 0 aromatic rings. The van der Waals surface area contributed by atoms with Crippen molar-refractivity contribution in [2.75, 3.05) is 6.54 Å². The second-order valence-electron chi connectivity index (χ2n) is 2.77. The van der Waals surface area contributed by atoms with Gasteiger partial charge in [0, 0.05) is 0 Å². The van der Waals surface area contributed by atoms with Gasteiger partial charge in [0.1, 0.15) is 0 Å². The minimum Gasteiger partial charge on any atom is -0.327 e. The van der Waals surface area contributed by atoms with Gasteiger partial charge in [0.25, 0.3) is 0 Å². The first-order chi connectivity index (χ1) is 5.29. The minimum absolute atomic E-state index is 0.0856. The van der Waals surface area contributed by atoms with Crippen LogP contribution in [0.3, 0.4) is 0 Å². The van der Waals surface area contributed by atoms with Crippen molar-refractivity contribution in [1.82, 2.24) is 10.6 Å². The van der Waals surface area contributed by atoms with Gasteiger partial charge in [0.05, 0.1) is 6.17 Å². The number of carbonyl (C=O) groups excluding carboxylic acids is 1. The Labute approximate surface area is 71.5 Å². The SMILES string of the molecule is O=C(Cl)NC1CCCCCN1. The summed E-state index contributed by atoms with van der Waals surface area (Å²) in [4.78, 5) is 10.4. The normalized spacial score (nSPS) is 25.7. The van der Waals surface area contributed by atoms with E-state index in [4.69, 9.17) is 11.6 Å². The molecule has 64 valence electrons. The third-order valence-electron chi connectivity index (χ3n) is 1.85. The van der Waals surface area contributed by atoms with Crippen molar-refractivity contribution in [2.45, 2.75) is 31.8 Å². The summed E-state index contributed by atoms with van der Waals surface area (Å²) < 4.78 is 0. The molecule has 0 spiro atoms. The van der Waals surface area contributed by atoms with Crippen LogP contribution in [0.5, 0.6) is 0 Å². The lowest BCUT2D eigenvalue weighted by Gasteiger charge is -2.14. The molecule has 3 nitrogen and oxygen atoms in total. The second kappa shape index (κ2) is 4.57. The molecule has 0 bridgehead atoms.